The molecule has 0 fully saturated rings. The van der Waals surface area contributed by atoms with E-state index in [-0.39, 0.29) is 11.9 Å². The van der Waals surface area contributed by atoms with E-state index in [0.29, 0.717) is 22.9 Å². The van der Waals surface area contributed by atoms with Gasteiger partial charge in [0.2, 0.25) is 0 Å². The van der Waals surface area contributed by atoms with Gasteiger partial charge in [0.25, 0.3) is 5.91 Å². The Kier molecular flexibility index (Phi) is 4.97. The number of nitrogens with zero attached hydrogens (tertiary/aromatic N) is 1. The van der Waals surface area contributed by atoms with E-state index in [1.165, 1.54) is 11.3 Å². The topological polar surface area (TPSA) is 68.3 Å². The van der Waals surface area contributed by atoms with Crippen LogP contribution in [0.4, 0.5) is 5.00 Å². The maximum absolute atomic E-state index is 12.3. The third kappa shape index (κ3) is 3.40. The number of thiophene rings is 1. The highest BCUT2D eigenvalue weighted by atomic mass is 32.2. The molecule has 7 heteroatoms. The van der Waals surface area contributed by atoms with Crippen LogP contribution in [-0.2, 0) is 11.2 Å². The van der Waals surface area contributed by atoms with Crippen molar-refractivity contribution in [3.05, 3.63) is 41.2 Å². The zero-order chi connectivity index (χ0) is 16.2. The summed E-state index contributed by atoms with van der Waals surface area (Å²) in [5, 5.41) is 3.38. The standard InChI is InChI=1S/C16H16N2O3S2/c1-2-21-15(20)12-10-6-5-9-22-16(10)23-14(12)18-13(19)11-7-3-4-8-17-11/h3-4,7-8H,2,5-6,9H2,1H3,(H,18,19). The lowest BCUT2D eigenvalue weighted by Crippen LogP contribution is -2.16. The molecule has 0 aromatic carbocycles. The summed E-state index contributed by atoms with van der Waals surface area (Å²) >= 11 is 3.17. The number of fused-ring (bicyclic) bond motifs is 1. The fraction of sp³-hybridized carbons (Fsp3) is 0.312. The minimum atomic E-state index is -0.371. The largest absolute Gasteiger partial charge is 0.462 e. The van der Waals surface area contributed by atoms with Gasteiger partial charge in [0.05, 0.1) is 16.4 Å². The lowest BCUT2D eigenvalue weighted by molar-refractivity contribution is 0.0526. The second kappa shape index (κ2) is 7.14. The van der Waals surface area contributed by atoms with Gasteiger partial charge in [-0.1, -0.05) is 6.07 Å². The molecule has 3 heterocycles. The van der Waals surface area contributed by atoms with Crippen LogP contribution in [0.1, 0.15) is 39.8 Å². The zero-order valence-corrected chi connectivity index (χ0v) is 14.3. The highest BCUT2D eigenvalue weighted by Crippen LogP contribution is 2.43. The molecule has 0 unspecified atom stereocenters. The second-order valence-electron chi connectivity index (χ2n) is 4.91. The van der Waals surface area contributed by atoms with Gasteiger partial charge >= 0.3 is 5.97 Å². The Bertz CT molecular complexity index is 728. The molecule has 0 saturated heterocycles. The monoisotopic (exact) mass is 348 g/mol. The number of thioether (sulfide) groups is 1. The van der Waals surface area contributed by atoms with E-state index < -0.39 is 0 Å². The van der Waals surface area contributed by atoms with Crippen LogP contribution in [0, 0.1) is 0 Å². The number of aromatic nitrogens is 1. The molecule has 0 atom stereocenters. The number of esters is 1. The number of carbonyl (C=O) groups is 2. The first kappa shape index (κ1) is 16.0. The van der Waals surface area contributed by atoms with Crippen molar-refractivity contribution >= 4 is 40.0 Å². The van der Waals surface area contributed by atoms with Crippen LogP contribution in [0.5, 0.6) is 0 Å². The van der Waals surface area contributed by atoms with E-state index >= 15 is 0 Å². The van der Waals surface area contributed by atoms with Crippen molar-refractivity contribution in [2.24, 2.45) is 0 Å². The van der Waals surface area contributed by atoms with E-state index in [1.54, 1.807) is 43.1 Å². The van der Waals surface area contributed by atoms with Crippen molar-refractivity contribution in [2.75, 3.05) is 17.7 Å². The summed E-state index contributed by atoms with van der Waals surface area (Å²) in [5.41, 5.74) is 1.82. The van der Waals surface area contributed by atoms with Crippen LogP contribution in [0.2, 0.25) is 0 Å². The maximum atomic E-state index is 12.3. The van der Waals surface area contributed by atoms with Crippen molar-refractivity contribution in [3.8, 4) is 0 Å². The molecule has 0 saturated carbocycles. The summed E-state index contributed by atoms with van der Waals surface area (Å²) in [7, 11) is 0. The predicted octanol–water partition coefficient (Wildman–Crippen LogP) is 3.61. The smallest absolute Gasteiger partial charge is 0.341 e. The fourth-order valence-corrected chi connectivity index (χ4v) is 4.93. The molecule has 0 bridgehead atoms. The van der Waals surface area contributed by atoms with Crippen molar-refractivity contribution < 1.29 is 14.3 Å². The number of pyridine rings is 1. The number of carbonyl (C=O) groups excluding carboxylic acids is 2. The Morgan fingerprint density at radius 1 is 1.39 bits per heavy atom. The lowest BCUT2D eigenvalue weighted by atomic mass is 10.1. The van der Waals surface area contributed by atoms with Gasteiger partial charge in [-0.15, -0.1) is 23.1 Å². The molecule has 2 aromatic rings. The molecule has 0 aliphatic carbocycles. The molecule has 1 aliphatic heterocycles. The van der Waals surface area contributed by atoms with E-state index in [9.17, 15) is 9.59 Å². The first-order valence-electron chi connectivity index (χ1n) is 7.38. The summed E-state index contributed by atoms with van der Waals surface area (Å²) in [6, 6.07) is 5.15. The average Bonchev–Trinajstić information content (AvgIpc) is 2.93. The third-order valence-electron chi connectivity index (χ3n) is 3.38. The molecule has 23 heavy (non-hydrogen) atoms. The number of amides is 1. The van der Waals surface area contributed by atoms with E-state index in [1.807, 2.05) is 0 Å². The summed E-state index contributed by atoms with van der Waals surface area (Å²) in [6.45, 7) is 2.09. The molecule has 0 spiro atoms. The molecule has 1 amide bonds. The molecule has 3 rings (SSSR count). The van der Waals surface area contributed by atoms with Crippen LogP contribution in [0.3, 0.4) is 0 Å². The fourth-order valence-electron chi connectivity index (χ4n) is 2.37. The van der Waals surface area contributed by atoms with Crippen LogP contribution >= 0.6 is 23.1 Å². The third-order valence-corrected chi connectivity index (χ3v) is 5.93. The van der Waals surface area contributed by atoms with Crippen molar-refractivity contribution in [2.45, 2.75) is 24.0 Å². The van der Waals surface area contributed by atoms with Crippen LogP contribution in [0.15, 0.2) is 28.6 Å². The van der Waals surface area contributed by atoms with E-state index in [2.05, 4.69) is 10.3 Å². The molecular weight excluding hydrogens is 332 g/mol. The average molecular weight is 348 g/mol. The van der Waals surface area contributed by atoms with Gasteiger partial charge in [-0.2, -0.15) is 0 Å². The van der Waals surface area contributed by atoms with E-state index in [4.69, 9.17) is 4.74 Å². The molecule has 120 valence electrons. The Balaban J connectivity index is 1.93. The van der Waals surface area contributed by atoms with Crippen molar-refractivity contribution in [1.29, 1.82) is 0 Å². The molecule has 2 aromatic heterocycles. The molecular formula is C16H16N2O3S2. The Labute approximate surface area is 142 Å². The van der Waals surface area contributed by atoms with Gasteiger partial charge in [0, 0.05) is 6.20 Å². The first-order chi connectivity index (χ1) is 11.2. The Morgan fingerprint density at radius 3 is 3.00 bits per heavy atom. The van der Waals surface area contributed by atoms with Crippen LogP contribution in [0.25, 0.3) is 0 Å². The van der Waals surface area contributed by atoms with Gasteiger partial charge in [-0.25, -0.2) is 4.79 Å². The van der Waals surface area contributed by atoms with Crippen LogP contribution < -0.4 is 5.32 Å². The summed E-state index contributed by atoms with van der Waals surface area (Å²) in [5.74, 6) is 0.340. The Morgan fingerprint density at radius 2 is 2.26 bits per heavy atom. The predicted molar refractivity (Wildman–Crippen MR) is 91.5 cm³/mol. The highest BCUT2D eigenvalue weighted by molar-refractivity contribution is 8.01. The normalized spacial score (nSPS) is 13.3. The first-order valence-corrected chi connectivity index (χ1v) is 9.19. The number of hydrogen-bond donors (Lipinski definition) is 1. The quantitative estimate of drug-likeness (QED) is 0.855. The summed E-state index contributed by atoms with van der Waals surface area (Å²) < 4.78 is 6.27. The molecule has 1 N–H and O–H groups in total. The number of nitrogens with one attached hydrogen (secondary N) is 1. The van der Waals surface area contributed by atoms with Crippen molar-refractivity contribution in [3.63, 3.8) is 0 Å². The highest BCUT2D eigenvalue weighted by Gasteiger charge is 2.28. The number of ether oxygens (including phenoxy) is 1. The van der Waals surface area contributed by atoms with E-state index in [0.717, 1.165) is 28.4 Å². The Hall–Kier alpha value is -1.86. The maximum Gasteiger partial charge on any atom is 0.341 e. The summed E-state index contributed by atoms with van der Waals surface area (Å²) in [4.78, 5) is 28.7. The van der Waals surface area contributed by atoms with Gasteiger partial charge in [-0.05, 0) is 43.2 Å². The van der Waals surface area contributed by atoms with Gasteiger partial charge in [0.15, 0.2) is 0 Å². The molecule has 5 nitrogen and oxygen atoms in total. The minimum Gasteiger partial charge on any atom is -0.462 e. The van der Waals surface area contributed by atoms with Gasteiger partial charge in [0.1, 0.15) is 10.7 Å². The summed E-state index contributed by atoms with van der Waals surface area (Å²) in [6.07, 6.45) is 3.43. The van der Waals surface area contributed by atoms with Gasteiger partial charge < -0.3 is 10.1 Å². The SMILES string of the molecule is CCOC(=O)c1c(NC(=O)c2ccccn2)sc2c1CCCS2. The zero-order valence-electron chi connectivity index (χ0n) is 12.6. The minimum absolute atomic E-state index is 0.310. The number of anilines is 1. The van der Waals surface area contributed by atoms with Crippen LogP contribution in [-0.4, -0.2) is 29.2 Å². The number of rotatable bonds is 4. The second-order valence-corrected chi connectivity index (χ2v) is 7.30. The van der Waals surface area contributed by atoms with Gasteiger partial charge in [-0.3, -0.25) is 9.78 Å². The van der Waals surface area contributed by atoms with Crippen molar-refractivity contribution in [1.82, 2.24) is 4.98 Å². The molecule has 0 radical (unpaired) electrons. The lowest BCUT2D eigenvalue weighted by Gasteiger charge is -2.12. The molecule has 1 aliphatic rings. The number of hydrogen-bond acceptors (Lipinski definition) is 6.